The lowest BCUT2D eigenvalue weighted by atomic mass is 9.88. The number of carbonyl (C=O) groups excluding carboxylic acids is 2. The first-order valence-electron chi connectivity index (χ1n) is 11.1. The van der Waals surface area contributed by atoms with Crippen molar-refractivity contribution in [3.8, 4) is 0 Å². The maximum Gasteiger partial charge on any atom is 0.300 e. The second-order valence-corrected chi connectivity index (χ2v) is 8.79. The van der Waals surface area contributed by atoms with Crippen molar-refractivity contribution < 1.29 is 9.59 Å². The van der Waals surface area contributed by atoms with Gasteiger partial charge in [-0.3, -0.25) is 19.3 Å². The van der Waals surface area contributed by atoms with Crippen LogP contribution >= 0.6 is 0 Å². The van der Waals surface area contributed by atoms with Crippen LogP contribution in [0.1, 0.15) is 57.4 Å². The van der Waals surface area contributed by atoms with Gasteiger partial charge in [-0.05, 0) is 49.4 Å². The summed E-state index contributed by atoms with van der Waals surface area (Å²) >= 11 is 0. The average Bonchev–Trinajstić information content (AvgIpc) is 3.40. The zero-order valence-corrected chi connectivity index (χ0v) is 17.6. The Morgan fingerprint density at radius 1 is 1.23 bits per heavy atom. The molecule has 6 heteroatoms. The molecule has 1 aliphatic carbocycles. The fourth-order valence-corrected chi connectivity index (χ4v) is 4.87. The van der Waals surface area contributed by atoms with Crippen molar-refractivity contribution in [3.05, 3.63) is 41.4 Å². The van der Waals surface area contributed by atoms with Crippen LogP contribution in [0.2, 0.25) is 0 Å². The Morgan fingerprint density at radius 2 is 2.03 bits per heavy atom. The number of anilines is 1. The van der Waals surface area contributed by atoms with Crippen LogP contribution in [0.3, 0.4) is 0 Å². The third kappa shape index (κ3) is 4.21. The zero-order chi connectivity index (χ0) is 21.1. The van der Waals surface area contributed by atoms with E-state index in [1.54, 1.807) is 4.90 Å². The number of carbonyl (C=O) groups is 2. The zero-order valence-electron chi connectivity index (χ0n) is 17.6. The smallest absolute Gasteiger partial charge is 0.300 e. The molecule has 158 valence electrons. The van der Waals surface area contributed by atoms with Gasteiger partial charge in [-0.15, -0.1) is 0 Å². The van der Waals surface area contributed by atoms with Gasteiger partial charge < -0.3 is 10.3 Å². The van der Waals surface area contributed by atoms with E-state index >= 15 is 0 Å². The normalized spacial score (nSPS) is 20.8. The molecule has 2 aromatic rings. The predicted octanol–water partition coefficient (Wildman–Crippen LogP) is 4.73. The first kappa shape index (κ1) is 20.5. The van der Waals surface area contributed by atoms with Crippen molar-refractivity contribution in [2.24, 2.45) is 11.8 Å². The van der Waals surface area contributed by atoms with Crippen LogP contribution in [0, 0.1) is 18.4 Å². The summed E-state index contributed by atoms with van der Waals surface area (Å²) in [5.74, 6) is 0.110. The molecule has 1 aromatic carbocycles. The molecule has 1 saturated heterocycles. The van der Waals surface area contributed by atoms with Gasteiger partial charge in [0.15, 0.2) is 0 Å². The van der Waals surface area contributed by atoms with Gasteiger partial charge in [-0.25, -0.2) is 6.57 Å². The number of nitrogens with zero attached hydrogens (tertiary/aromatic N) is 2. The molecule has 2 amide bonds. The Hall–Kier alpha value is -2.81. The maximum absolute atomic E-state index is 12.9. The number of H-pyrrole nitrogens is 1. The summed E-state index contributed by atoms with van der Waals surface area (Å²) in [6.45, 7) is 9.94. The molecule has 0 bridgehead atoms. The Kier molecular flexibility index (Phi) is 6.08. The van der Waals surface area contributed by atoms with Crippen molar-refractivity contribution in [1.29, 1.82) is 0 Å². The van der Waals surface area contributed by atoms with Crippen LogP contribution in [-0.2, 0) is 16.0 Å². The minimum Gasteiger partial charge on any atom is -0.361 e. The van der Waals surface area contributed by atoms with E-state index in [4.69, 9.17) is 6.57 Å². The minimum atomic E-state index is -0.301. The van der Waals surface area contributed by atoms with E-state index in [-0.39, 0.29) is 29.8 Å². The summed E-state index contributed by atoms with van der Waals surface area (Å²) in [5.41, 5.74) is 2.88. The second-order valence-electron chi connectivity index (χ2n) is 8.79. The molecule has 0 radical (unpaired) electrons. The average molecular weight is 407 g/mol. The summed E-state index contributed by atoms with van der Waals surface area (Å²) in [6, 6.07) is 5.93. The summed E-state index contributed by atoms with van der Waals surface area (Å²) in [5, 5.41) is 4.13. The summed E-state index contributed by atoms with van der Waals surface area (Å²) in [4.78, 5) is 34.1. The van der Waals surface area contributed by atoms with Gasteiger partial charge in [-0.2, -0.15) is 0 Å². The van der Waals surface area contributed by atoms with Gasteiger partial charge in [-0.1, -0.05) is 26.2 Å². The molecule has 4 rings (SSSR count). The van der Waals surface area contributed by atoms with Crippen molar-refractivity contribution >= 4 is 28.4 Å². The fourth-order valence-electron chi connectivity index (χ4n) is 4.87. The molecule has 2 aliphatic rings. The van der Waals surface area contributed by atoms with E-state index in [1.165, 1.54) is 6.42 Å². The number of nitrogens with one attached hydrogen (secondary N) is 2. The lowest BCUT2D eigenvalue weighted by Gasteiger charge is -2.21. The van der Waals surface area contributed by atoms with Crippen LogP contribution in [0.4, 0.5) is 5.69 Å². The minimum absolute atomic E-state index is 0.0598. The topological polar surface area (TPSA) is 69.6 Å². The summed E-state index contributed by atoms with van der Waals surface area (Å²) in [6.07, 6.45) is 9.40. The highest BCUT2D eigenvalue weighted by Crippen LogP contribution is 2.29. The summed E-state index contributed by atoms with van der Waals surface area (Å²) in [7, 11) is 0. The largest absolute Gasteiger partial charge is 0.361 e. The third-order valence-corrected chi connectivity index (χ3v) is 6.61. The van der Waals surface area contributed by atoms with E-state index in [0.717, 1.165) is 60.7 Å². The molecule has 1 saturated carbocycles. The summed E-state index contributed by atoms with van der Waals surface area (Å²) < 4.78 is 0. The van der Waals surface area contributed by atoms with E-state index in [9.17, 15) is 9.59 Å². The Bertz CT molecular complexity index is 967. The molecule has 2 heterocycles. The lowest BCUT2D eigenvalue weighted by molar-refractivity contribution is -0.135. The van der Waals surface area contributed by atoms with Gasteiger partial charge in [0, 0.05) is 47.6 Å². The first-order valence-corrected chi connectivity index (χ1v) is 11.1. The molecule has 1 aromatic heterocycles. The van der Waals surface area contributed by atoms with Crippen LogP contribution in [0.5, 0.6) is 0 Å². The van der Waals surface area contributed by atoms with Crippen LogP contribution in [0.15, 0.2) is 24.4 Å². The highest BCUT2D eigenvalue weighted by atomic mass is 16.2. The van der Waals surface area contributed by atoms with E-state index in [0.29, 0.717) is 13.0 Å². The molecule has 2 fully saturated rings. The van der Waals surface area contributed by atoms with Crippen LogP contribution < -0.4 is 5.32 Å². The van der Waals surface area contributed by atoms with Crippen molar-refractivity contribution in [1.82, 2.24) is 9.88 Å². The number of aromatic amines is 1. The molecule has 0 spiro atoms. The molecule has 30 heavy (non-hydrogen) atoms. The Labute approximate surface area is 177 Å². The van der Waals surface area contributed by atoms with Gasteiger partial charge in [0.1, 0.15) is 0 Å². The molecule has 0 unspecified atom stereocenters. The first-order chi connectivity index (χ1) is 14.6. The standard InChI is InChI=1S/C24H30N4O2/c1-16(24(30)28-12-6-9-22(28)25-2)13-18-15-26-21-11-10-19(14-20(18)21)27-23(29)17-7-4-3-5-8-17/h10-11,14-17,22,26H,3-9,12-13H2,1H3,(H,27,29)/t16-,22+/m1/s1. The number of fused-ring (bicyclic) bond motifs is 1. The van der Waals surface area contributed by atoms with Crippen LogP contribution in [-0.4, -0.2) is 34.4 Å². The number of benzene rings is 1. The molecular weight excluding hydrogens is 376 g/mol. The number of hydrogen-bond acceptors (Lipinski definition) is 2. The van der Waals surface area contributed by atoms with E-state index in [2.05, 4.69) is 15.1 Å². The second kappa shape index (κ2) is 8.91. The molecule has 1 aliphatic heterocycles. The fraction of sp³-hybridized carbons (Fsp3) is 0.542. The van der Waals surface area contributed by atoms with Gasteiger partial charge in [0.05, 0.1) is 0 Å². The third-order valence-electron chi connectivity index (χ3n) is 6.61. The van der Waals surface area contributed by atoms with Gasteiger partial charge in [0.2, 0.25) is 11.8 Å². The van der Waals surface area contributed by atoms with Gasteiger partial charge >= 0.3 is 6.17 Å². The van der Waals surface area contributed by atoms with E-state index < -0.39 is 0 Å². The monoisotopic (exact) mass is 406 g/mol. The highest BCUT2D eigenvalue weighted by Gasteiger charge is 2.35. The number of amides is 2. The molecule has 2 N–H and O–H groups in total. The molecule has 2 atom stereocenters. The lowest BCUT2D eigenvalue weighted by Crippen LogP contribution is -2.38. The Balaban J connectivity index is 1.46. The predicted molar refractivity (Wildman–Crippen MR) is 118 cm³/mol. The van der Waals surface area contributed by atoms with Crippen LogP contribution in [0.25, 0.3) is 15.7 Å². The maximum atomic E-state index is 12.9. The molecule has 6 nitrogen and oxygen atoms in total. The van der Waals surface area contributed by atoms with E-state index in [1.807, 2.05) is 31.3 Å². The van der Waals surface area contributed by atoms with Crippen molar-refractivity contribution in [3.63, 3.8) is 0 Å². The quantitative estimate of drug-likeness (QED) is 0.705. The number of hydrogen-bond donors (Lipinski definition) is 2. The SMILES string of the molecule is [C-]#[N+][C@@H]1CCCN1C(=O)[C@H](C)Cc1c[nH]c2ccc(NC(=O)C3CCCCC3)cc12. The number of rotatable bonds is 5. The number of likely N-dealkylation sites (tertiary alicyclic amines) is 1. The highest BCUT2D eigenvalue weighted by molar-refractivity contribution is 5.96. The molecular formula is C24H30N4O2. The Morgan fingerprint density at radius 3 is 2.80 bits per heavy atom. The van der Waals surface area contributed by atoms with Gasteiger partial charge in [0.25, 0.3) is 0 Å². The van der Waals surface area contributed by atoms with Crippen molar-refractivity contribution in [2.45, 2.75) is 64.5 Å². The number of aromatic nitrogens is 1. The van der Waals surface area contributed by atoms with Crippen molar-refractivity contribution in [2.75, 3.05) is 11.9 Å².